The zero-order chi connectivity index (χ0) is 19.0. The molecule has 0 saturated carbocycles. The summed E-state index contributed by atoms with van der Waals surface area (Å²) in [6, 6.07) is 7.44. The van der Waals surface area contributed by atoms with Crippen molar-refractivity contribution in [3.8, 4) is 0 Å². The summed E-state index contributed by atoms with van der Waals surface area (Å²) in [5.74, 6) is 0.995. The maximum absolute atomic E-state index is 12.8. The fraction of sp³-hybridized carbons (Fsp3) is 0.421. The van der Waals surface area contributed by atoms with Gasteiger partial charge in [0.15, 0.2) is 5.69 Å². The molecule has 0 radical (unpaired) electrons. The standard InChI is InChI=1S/C19H22N6O2/c1-13-20-16-6-4-3-5-15(16)18(26)25(13)11-14-7-9-24(10-8-14)19(27)17-12-23(2)22-21-17/h3-6,12,14H,7-11H2,1-2H3. The molecule has 1 amide bonds. The topological polar surface area (TPSA) is 85.9 Å². The summed E-state index contributed by atoms with van der Waals surface area (Å²) >= 11 is 0. The summed E-state index contributed by atoms with van der Waals surface area (Å²) in [6.45, 7) is 3.83. The van der Waals surface area contributed by atoms with Crippen molar-refractivity contribution in [2.45, 2.75) is 26.3 Å². The number of carbonyl (C=O) groups excluding carboxylic acids is 1. The van der Waals surface area contributed by atoms with Crippen LogP contribution in [0.2, 0.25) is 0 Å². The van der Waals surface area contributed by atoms with Crippen LogP contribution in [0.25, 0.3) is 10.9 Å². The Morgan fingerprint density at radius 1 is 1.22 bits per heavy atom. The van der Waals surface area contributed by atoms with E-state index in [1.54, 1.807) is 17.8 Å². The minimum Gasteiger partial charge on any atom is -0.337 e. The van der Waals surface area contributed by atoms with Crippen molar-refractivity contribution in [1.82, 2.24) is 29.4 Å². The average Bonchev–Trinajstić information content (AvgIpc) is 3.11. The SMILES string of the molecule is Cc1nc2ccccc2c(=O)n1CC1CCN(C(=O)c2cn(C)nn2)CC1. The Labute approximate surface area is 156 Å². The number of rotatable bonds is 3. The lowest BCUT2D eigenvalue weighted by Gasteiger charge is -2.32. The van der Waals surface area contributed by atoms with Crippen molar-refractivity contribution in [3.63, 3.8) is 0 Å². The molecule has 2 aromatic heterocycles. The van der Waals surface area contributed by atoms with Gasteiger partial charge in [-0.2, -0.15) is 0 Å². The predicted molar refractivity (Wildman–Crippen MR) is 100 cm³/mol. The van der Waals surface area contributed by atoms with E-state index >= 15 is 0 Å². The minimum absolute atomic E-state index is 0.0103. The minimum atomic E-state index is -0.0812. The van der Waals surface area contributed by atoms with Crippen LogP contribution in [0, 0.1) is 12.8 Å². The van der Waals surface area contributed by atoms with Gasteiger partial charge < -0.3 is 4.90 Å². The molecule has 0 unspecified atom stereocenters. The highest BCUT2D eigenvalue weighted by Gasteiger charge is 2.26. The summed E-state index contributed by atoms with van der Waals surface area (Å²) < 4.78 is 3.30. The fourth-order valence-electron chi connectivity index (χ4n) is 3.68. The predicted octanol–water partition coefficient (Wildman–Crippen LogP) is 1.39. The van der Waals surface area contributed by atoms with E-state index in [-0.39, 0.29) is 11.5 Å². The van der Waals surface area contributed by atoms with Gasteiger partial charge in [0.2, 0.25) is 0 Å². The Hall–Kier alpha value is -3.03. The van der Waals surface area contributed by atoms with Crippen molar-refractivity contribution in [2.24, 2.45) is 13.0 Å². The normalized spacial score (nSPS) is 15.4. The van der Waals surface area contributed by atoms with Crippen LogP contribution >= 0.6 is 0 Å². The second-order valence-electron chi connectivity index (χ2n) is 7.10. The highest BCUT2D eigenvalue weighted by molar-refractivity contribution is 5.92. The Balaban J connectivity index is 1.46. The van der Waals surface area contributed by atoms with Gasteiger partial charge in [-0.05, 0) is 37.8 Å². The summed E-state index contributed by atoms with van der Waals surface area (Å²) in [6.07, 6.45) is 3.34. The number of benzene rings is 1. The highest BCUT2D eigenvalue weighted by Crippen LogP contribution is 2.21. The van der Waals surface area contributed by atoms with Crippen molar-refractivity contribution in [1.29, 1.82) is 0 Å². The van der Waals surface area contributed by atoms with Gasteiger partial charge in [-0.25, -0.2) is 4.98 Å². The maximum atomic E-state index is 12.8. The first-order valence-corrected chi connectivity index (χ1v) is 9.14. The molecule has 140 valence electrons. The molecule has 1 fully saturated rings. The second kappa shape index (κ2) is 6.94. The highest BCUT2D eigenvalue weighted by atomic mass is 16.2. The number of aryl methyl sites for hydroxylation is 2. The number of carbonyl (C=O) groups is 1. The van der Waals surface area contributed by atoms with E-state index < -0.39 is 0 Å². The van der Waals surface area contributed by atoms with Crippen LogP contribution in [-0.4, -0.2) is 48.4 Å². The second-order valence-corrected chi connectivity index (χ2v) is 7.10. The largest absolute Gasteiger partial charge is 0.337 e. The summed E-state index contributed by atoms with van der Waals surface area (Å²) in [7, 11) is 1.74. The summed E-state index contributed by atoms with van der Waals surface area (Å²) in [5, 5.41) is 8.37. The van der Waals surface area contributed by atoms with Gasteiger partial charge in [0.1, 0.15) is 5.82 Å². The Morgan fingerprint density at radius 2 is 1.96 bits per heavy atom. The first kappa shape index (κ1) is 17.4. The van der Waals surface area contributed by atoms with Crippen LogP contribution in [0.15, 0.2) is 35.3 Å². The quantitative estimate of drug-likeness (QED) is 0.699. The van der Waals surface area contributed by atoms with Crippen LogP contribution in [-0.2, 0) is 13.6 Å². The third kappa shape index (κ3) is 3.34. The molecule has 8 heteroatoms. The lowest BCUT2D eigenvalue weighted by Crippen LogP contribution is -2.40. The molecule has 1 aromatic carbocycles. The molecule has 1 saturated heterocycles. The van der Waals surface area contributed by atoms with Crippen LogP contribution in [0.3, 0.4) is 0 Å². The molecule has 3 heterocycles. The van der Waals surface area contributed by atoms with Crippen LogP contribution in [0.5, 0.6) is 0 Å². The molecule has 1 aliphatic rings. The molecule has 3 aromatic rings. The Kier molecular flexibility index (Phi) is 4.47. The van der Waals surface area contributed by atoms with Crippen molar-refractivity contribution >= 4 is 16.8 Å². The molecule has 27 heavy (non-hydrogen) atoms. The molecule has 0 N–H and O–H groups in total. The Morgan fingerprint density at radius 3 is 2.67 bits per heavy atom. The van der Waals surface area contributed by atoms with Gasteiger partial charge in [-0.15, -0.1) is 5.10 Å². The van der Waals surface area contributed by atoms with Gasteiger partial charge >= 0.3 is 0 Å². The first-order valence-electron chi connectivity index (χ1n) is 9.14. The zero-order valence-electron chi connectivity index (χ0n) is 15.5. The number of piperidine rings is 1. The summed E-state index contributed by atoms with van der Waals surface area (Å²) in [4.78, 5) is 31.7. The fourth-order valence-corrected chi connectivity index (χ4v) is 3.68. The van der Waals surface area contributed by atoms with Crippen molar-refractivity contribution in [2.75, 3.05) is 13.1 Å². The van der Waals surface area contributed by atoms with E-state index in [1.165, 1.54) is 4.68 Å². The lowest BCUT2D eigenvalue weighted by molar-refractivity contribution is 0.0676. The van der Waals surface area contributed by atoms with E-state index in [4.69, 9.17) is 0 Å². The van der Waals surface area contributed by atoms with Gasteiger partial charge in [0.25, 0.3) is 11.5 Å². The number of aromatic nitrogens is 5. The average molecular weight is 366 g/mol. The van der Waals surface area contributed by atoms with Gasteiger partial charge in [0, 0.05) is 26.7 Å². The van der Waals surface area contributed by atoms with E-state index in [0.29, 0.717) is 36.6 Å². The first-order chi connectivity index (χ1) is 13.0. The molecule has 0 spiro atoms. The van der Waals surface area contributed by atoms with Crippen LogP contribution < -0.4 is 5.56 Å². The third-order valence-electron chi connectivity index (χ3n) is 5.22. The molecule has 0 atom stereocenters. The summed E-state index contributed by atoms with van der Waals surface area (Å²) in [5.41, 5.74) is 1.12. The van der Waals surface area contributed by atoms with E-state index in [9.17, 15) is 9.59 Å². The van der Waals surface area contributed by atoms with Gasteiger partial charge in [-0.1, -0.05) is 17.3 Å². The smallest absolute Gasteiger partial charge is 0.276 e. The Bertz CT molecular complexity index is 1050. The van der Waals surface area contributed by atoms with Crippen molar-refractivity contribution < 1.29 is 4.79 Å². The monoisotopic (exact) mass is 366 g/mol. The third-order valence-corrected chi connectivity index (χ3v) is 5.22. The number of para-hydroxylation sites is 1. The molecule has 1 aliphatic heterocycles. The van der Waals surface area contributed by atoms with Gasteiger partial charge in [-0.3, -0.25) is 18.8 Å². The zero-order valence-corrected chi connectivity index (χ0v) is 15.5. The van der Waals surface area contributed by atoms with E-state index in [1.807, 2.05) is 36.1 Å². The number of amides is 1. The van der Waals surface area contributed by atoms with Crippen LogP contribution in [0.1, 0.15) is 29.2 Å². The number of likely N-dealkylation sites (tertiary alicyclic amines) is 1. The van der Waals surface area contributed by atoms with Crippen molar-refractivity contribution in [3.05, 3.63) is 52.3 Å². The number of hydrogen-bond donors (Lipinski definition) is 0. The van der Waals surface area contributed by atoms with E-state index in [0.717, 1.165) is 24.2 Å². The number of fused-ring (bicyclic) bond motifs is 1. The maximum Gasteiger partial charge on any atom is 0.276 e. The molecule has 4 rings (SSSR count). The van der Waals surface area contributed by atoms with Crippen LogP contribution in [0.4, 0.5) is 0 Å². The molecule has 8 nitrogen and oxygen atoms in total. The number of hydrogen-bond acceptors (Lipinski definition) is 5. The number of nitrogens with zero attached hydrogens (tertiary/aromatic N) is 6. The molecule has 0 aliphatic carbocycles. The molecular formula is C19H22N6O2. The molecule has 0 bridgehead atoms. The van der Waals surface area contributed by atoms with E-state index in [2.05, 4.69) is 15.3 Å². The molecular weight excluding hydrogens is 344 g/mol. The van der Waals surface area contributed by atoms with Gasteiger partial charge in [0.05, 0.1) is 17.1 Å². The lowest BCUT2D eigenvalue weighted by atomic mass is 9.96.